The molecule has 3 N–H and O–H groups in total. The summed E-state index contributed by atoms with van der Waals surface area (Å²) in [5, 5.41) is 8.09. The molecule has 17 heavy (non-hydrogen) atoms. The molecule has 6 nitrogen and oxygen atoms in total. The minimum atomic E-state index is -0.542. The second-order valence-electron chi connectivity index (χ2n) is 4.56. The molecule has 0 aromatic rings. The summed E-state index contributed by atoms with van der Waals surface area (Å²) < 4.78 is 5.14. The molecule has 1 fully saturated rings. The Balaban J connectivity index is 2.26. The minimum Gasteiger partial charge on any atom is -0.379 e. The summed E-state index contributed by atoms with van der Waals surface area (Å²) in [4.78, 5) is 23.1. The molecular formula is C11H21N3O3. The van der Waals surface area contributed by atoms with E-state index in [1.807, 2.05) is 13.8 Å². The van der Waals surface area contributed by atoms with Crippen LogP contribution in [-0.2, 0) is 9.53 Å². The van der Waals surface area contributed by atoms with Gasteiger partial charge in [-0.25, -0.2) is 4.79 Å². The maximum atomic E-state index is 11.5. The van der Waals surface area contributed by atoms with Gasteiger partial charge in [0.15, 0.2) is 0 Å². The van der Waals surface area contributed by atoms with Crippen LogP contribution in [0.25, 0.3) is 0 Å². The first kappa shape index (κ1) is 13.8. The lowest BCUT2D eigenvalue weighted by Crippen LogP contribution is -2.51. The molecule has 0 aromatic heterocycles. The second kappa shape index (κ2) is 6.44. The van der Waals surface area contributed by atoms with Crippen LogP contribution in [0.3, 0.4) is 0 Å². The number of hydrogen-bond donors (Lipinski definition) is 3. The van der Waals surface area contributed by atoms with Crippen LogP contribution in [0.15, 0.2) is 0 Å². The van der Waals surface area contributed by atoms with Crippen LogP contribution in [-0.4, -0.2) is 43.3 Å². The zero-order valence-electron chi connectivity index (χ0n) is 10.6. The molecule has 1 rings (SSSR count). The molecule has 2 atom stereocenters. The molecule has 0 saturated carbocycles. The third-order valence-electron chi connectivity index (χ3n) is 2.44. The number of nitrogens with one attached hydrogen (secondary N) is 3. The third-order valence-corrected chi connectivity index (χ3v) is 2.44. The van der Waals surface area contributed by atoms with Crippen LogP contribution >= 0.6 is 0 Å². The lowest BCUT2D eigenvalue weighted by molar-refractivity contribution is -0.123. The van der Waals surface area contributed by atoms with Crippen LogP contribution < -0.4 is 16.0 Å². The first-order valence-electron chi connectivity index (χ1n) is 5.94. The molecule has 0 bridgehead atoms. The highest BCUT2D eigenvalue weighted by atomic mass is 16.5. The summed E-state index contributed by atoms with van der Waals surface area (Å²) in [5.74, 6) is -0.183. The molecule has 0 aromatic carbocycles. The fourth-order valence-corrected chi connectivity index (χ4v) is 1.55. The molecule has 1 saturated heterocycles. The number of carbonyl (C=O) groups excluding carboxylic acids is 2. The number of urea groups is 1. The van der Waals surface area contributed by atoms with Gasteiger partial charge in [-0.1, -0.05) is 0 Å². The topological polar surface area (TPSA) is 79.5 Å². The average Bonchev–Trinajstić information content (AvgIpc) is 2.68. The number of carbonyl (C=O) groups is 2. The van der Waals surface area contributed by atoms with Gasteiger partial charge in [0.25, 0.3) is 0 Å². The Kier molecular flexibility index (Phi) is 5.21. The molecule has 1 heterocycles. The van der Waals surface area contributed by atoms with Crippen molar-refractivity contribution < 1.29 is 14.3 Å². The molecule has 0 spiro atoms. The highest BCUT2D eigenvalue weighted by Crippen LogP contribution is 2.02. The van der Waals surface area contributed by atoms with Gasteiger partial charge < -0.3 is 20.7 Å². The maximum Gasteiger partial charge on any atom is 0.315 e. The number of rotatable bonds is 4. The lowest BCUT2D eigenvalue weighted by Gasteiger charge is -2.18. The largest absolute Gasteiger partial charge is 0.379 e. The van der Waals surface area contributed by atoms with Crippen LogP contribution in [0.4, 0.5) is 4.79 Å². The third kappa shape index (κ3) is 5.04. The first-order chi connectivity index (χ1) is 7.99. The molecule has 3 amide bonds. The Bertz CT molecular complexity index is 275. The SMILES string of the molecule is CC(C)NC(=O)C(C)NC(=O)NC1CCOC1. The summed E-state index contributed by atoms with van der Waals surface area (Å²) in [5.41, 5.74) is 0. The van der Waals surface area contributed by atoms with Gasteiger partial charge in [-0.05, 0) is 27.2 Å². The smallest absolute Gasteiger partial charge is 0.315 e. The highest BCUT2D eigenvalue weighted by Gasteiger charge is 2.20. The Hall–Kier alpha value is -1.30. The summed E-state index contributed by atoms with van der Waals surface area (Å²) in [6.45, 7) is 6.62. The molecule has 1 aliphatic rings. The number of amides is 3. The lowest BCUT2D eigenvalue weighted by atomic mass is 10.2. The molecule has 98 valence electrons. The molecular weight excluding hydrogens is 222 g/mol. The van der Waals surface area contributed by atoms with Gasteiger partial charge >= 0.3 is 6.03 Å². The Morgan fingerprint density at radius 3 is 2.47 bits per heavy atom. The Morgan fingerprint density at radius 2 is 1.94 bits per heavy atom. The summed E-state index contributed by atoms with van der Waals surface area (Å²) in [7, 11) is 0. The standard InChI is InChI=1S/C11H21N3O3/c1-7(2)12-10(15)8(3)13-11(16)14-9-4-5-17-6-9/h7-9H,4-6H2,1-3H3,(H,12,15)(H2,13,14,16). The Labute approximate surface area is 101 Å². The quantitative estimate of drug-likeness (QED) is 0.649. The fraction of sp³-hybridized carbons (Fsp3) is 0.818. The molecule has 1 aliphatic heterocycles. The molecule has 2 unspecified atom stereocenters. The molecule has 6 heteroatoms. The van der Waals surface area contributed by atoms with Gasteiger partial charge in [-0.3, -0.25) is 4.79 Å². The van der Waals surface area contributed by atoms with E-state index >= 15 is 0 Å². The van der Waals surface area contributed by atoms with E-state index < -0.39 is 6.04 Å². The van der Waals surface area contributed by atoms with Gasteiger partial charge in [0.2, 0.25) is 5.91 Å². The summed E-state index contributed by atoms with van der Waals surface area (Å²) in [6, 6.07) is -0.750. The molecule has 0 radical (unpaired) electrons. The second-order valence-corrected chi connectivity index (χ2v) is 4.56. The summed E-state index contributed by atoms with van der Waals surface area (Å²) in [6.07, 6.45) is 0.819. The normalized spacial score (nSPS) is 21.1. The predicted molar refractivity (Wildman–Crippen MR) is 63.6 cm³/mol. The Morgan fingerprint density at radius 1 is 1.24 bits per heavy atom. The van der Waals surface area contributed by atoms with Crippen molar-refractivity contribution in [1.29, 1.82) is 0 Å². The van der Waals surface area contributed by atoms with E-state index in [9.17, 15) is 9.59 Å². The molecule has 0 aliphatic carbocycles. The zero-order chi connectivity index (χ0) is 12.8. The van der Waals surface area contributed by atoms with Gasteiger partial charge in [0, 0.05) is 12.6 Å². The van der Waals surface area contributed by atoms with Crippen molar-refractivity contribution in [1.82, 2.24) is 16.0 Å². The van der Waals surface area contributed by atoms with Crippen molar-refractivity contribution >= 4 is 11.9 Å². The van der Waals surface area contributed by atoms with E-state index in [1.165, 1.54) is 0 Å². The van der Waals surface area contributed by atoms with Gasteiger partial charge in [-0.15, -0.1) is 0 Å². The van der Waals surface area contributed by atoms with Crippen molar-refractivity contribution in [3.8, 4) is 0 Å². The average molecular weight is 243 g/mol. The van der Waals surface area contributed by atoms with Gasteiger partial charge in [0.05, 0.1) is 12.6 Å². The van der Waals surface area contributed by atoms with Gasteiger partial charge in [-0.2, -0.15) is 0 Å². The van der Waals surface area contributed by atoms with E-state index in [2.05, 4.69) is 16.0 Å². The van der Waals surface area contributed by atoms with E-state index in [4.69, 9.17) is 4.74 Å². The first-order valence-corrected chi connectivity index (χ1v) is 5.94. The zero-order valence-corrected chi connectivity index (χ0v) is 10.6. The van der Waals surface area contributed by atoms with E-state index in [1.54, 1.807) is 6.92 Å². The van der Waals surface area contributed by atoms with Crippen molar-refractivity contribution in [2.75, 3.05) is 13.2 Å². The van der Waals surface area contributed by atoms with Crippen molar-refractivity contribution in [3.63, 3.8) is 0 Å². The van der Waals surface area contributed by atoms with Crippen LogP contribution in [0.1, 0.15) is 27.2 Å². The van der Waals surface area contributed by atoms with Crippen molar-refractivity contribution in [2.24, 2.45) is 0 Å². The van der Waals surface area contributed by atoms with Crippen molar-refractivity contribution in [3.05, 3.63) is 0 Å². The monoisotopic (exact) mass is 243 g/mol. The minimum absolute atomic E-state index is 0.0513. The van der Waals surface area contributed by atoms with Crippen molar-refractivity contribution in [2.45, 2.75) is 45.3 Å². The maximum absolute atomic E-state index is 11.5. The van der Waals surface area contributed by atoms with E-state index in [0.29, 0.717) is 13.2 Å². The van der Waals surface area contributed by atoms with E-state index in [0.717, 1.165) is 6.42 Å². The van der Waals surface area contributed by atoms with Crippen LogP contribution in [0, 0.1) is 0 Å². The predicted octanol–water partition coefficient (Wildman–Crippen LogP) is -0.0124. The summed E-state index contributed by atoms with van der Waals surface area (Å²) >= 11 is 0. The number of hydrogen-bond acceptors (Lipinski definition) is 3. The number of ether oxygens (including phenoxy) is 1. The van der Waals surface area contributed by atoms with Crippen LogP contribution in [0.5, 0.6) is 0 Å². The van der Waals surface area contributed by atoms with Crippen LogP contribution in [0.2, 0.25) is 0 Å². The van der Waals surface area contributed by atoms with Gasteiger partial charge in [0.1, 0.15) is 6.04 Å². The fourth-order valence-electron chi connectivity index (χ4n) is 1.55. The van der Waals surface area contributed by atoms with E-state index in [-0.39, 0.29) is 24.0 Å². The highest BCUT2D eigenvalue weighted by molar-refractivity contribution is 5.86.